The summed E-state index contributed by atoms with van der Waals surface area (Å²) in [4.78, 5) is 13.5. The summed E-state index contributed by atoms with van der Waals surface area (Å²) in [5.74, 6) is -0.467. The van der Waals surface area contributed by atoms with E-state index in [2.05, 4.69) is 0 Å². The molecule has 1 rings (SSSR count). The molecule has 0 aliphatic rings. The molecule has 1 aromatic rings. The van der Waals surface area contributed by atoms with Gasteiger partial charge in [0.25, 0.3) is 0 Å². The van der Waals surface area contributed by atoms with Crippen molar-refractivity contribution in [2.24, 2.45) is 11.7 Å². The Hall–Kier alpha value is -1.13. The molecule has 0 saturated carbocycles. The number of hydrogen-bond acceptors (Lipinski definition) is 2. The zero-order valence-electron chi connectivity index (χ0n) is 10.8. The number of carbonyl (C=O) groups is 1. The van der Waals surface area contributed by atoms with Gasteiger partial charge in [0.2, 0.25) is 5.91 Å². The zero-order chi connectivity index (χ0) is 13.9. The summed E-state index contributed by atoms with van der Waals surface area (Å²) >= 11 is 5.91. The Bertz CT molecular complexity index is 437. The number of benzene rings is 1. The normalized spacial score (nSPS) is 12.6. The number of likely N-dealkylation sites (N-methyl/N-ethyl adjacent to an activating group) is 1. The number of rotatable bonds is 4. The van der Waals surface area contributed by atoms with E-state index >= 15 is 0 Å². The summed E-state index contributed by atoms with van der Waals surface area (Å²) in [5.41, 5.74) is 6.49. The average Bonchev–Trinajstić information content (AvgIpc) is 2.30. The van der Waals surface area contributed by atoms with E-state index in [1.54, 1.807) is 13.1 Å². The summed E-state index contributed by atoms with van der Waals surface area (Å²) in [5, 5.41) is 0.313. The monoisotopic (exact) mass is 272 g/mol. The molecule has 0 fully saturated rings. The smallest absolute Gasteiger partial charge is 0.239 e. The molecule has 18 heavy (non-hydrogen) atoms. The Labute approximate surface area is 112 Å². The second-order valence-corrected chi connectivity index (χ2v) is 5.11. The molecule has 0 radical (unpaired) electrons. The Morgan fingerprint density at radius 1 is 1.50 bits per heavy atom. The van der Waals surface area contributed by atoms with Gasteiger partial charge >= 0.3 is 0 Å². The average molecular weight is 273 g/mol. The van der Waals surface area contributed by atoms with Crippen LogP contribution in [0.2, 0.25) is 5.02 Å². The standard InChI is InChI=1S/C13H18ClFN2O/c1-8(2)12(16)13(18)17(3)7-9-4-5-10(15)6-11(9)14/h4-6,8,12H,7,16H2,1-3H3/t12-/m0/s1. The first-order valence-corrected chi connectivity index (χ1v) is 6.15. The quantitative estimate of drug-likeness (QED) is 0.915. The summed E-state index contributed by atoms with van der Waals surface area (Å²) in [6.07, 6.45) is 0. The molecule has 0 heterocycles. The Balaban J connectivity index is 2.75. The van der Waals surface area contributed by atoms with Gasteiger partial charge in [-0.25, -0.2) is 4.39 Å². The lowest BCUT2D eigenvalue weighted by molar-refractivity contribution is -0.132. The van der Waals surface area contributed by atoms with Gasteiger partial charge in [0, 0.05) is 18.6 Å². The summed E-state index contributed by atoms with van der Waals surface area (Å²) in [6.45, 7) is 4.10. The fourth-order valence-corrected chi connectivity index (χ4v) is 1.75. The number of nitrogens with zero attached hydrogens (tertiary/aromatic N) is 1. The zero-order valence-corrected chi connectivity index (χ0v) is 11.5. The van der Waals surface area contributed by atoms with E-state index in [9.17, 15) is 9.18 Å². The summed E-state index contributed by atoms with van der Waals surface area (Å²) in [7, 11) is 1.66. The van der Waals surface area contributed by atoms with Crippen LogP contribution in [-0.2, 0) is 11.3 Å². The highest BCUT2D eigenvalue weighted by Crippen LogP contribution is 2.19. The topological polar surface area (TPSA) is 46.3 Å². The van der Waals surface area contributed by atoms with Crippen LogP contribution in [0.1, 0.15) is 19.4 Å². The van der Waals surface area contributed by atoms with E-state index in [0.717, 1.165) is 0 Å². The van der Waals surface area contributed by atoms with Crippen LogP contribution < -0.4 is 5.73 Å². The summed E-state index contributed by atoms with van der Waals surface area (Å²) in [6, 6.07) is 3.59. The van der Waals surface area contributed by atoms with E-state index in [1.807, 2.05) is 13.8 Å². The maximum Gasteiger partial charge on any atom is 0.239 e. The first kappa shape index (κ1) is 14.9. The molecule has 0 aliphatic carbocycles. The highest BCUT2D eigenvalue weighted by Gasteiger charge is 2.21. The van der Waals surface area contributed by atoms with E-state index in [0.29, 0.717) is 17.1 Å². The molecular formula is C13H18ClFN2O. The molecule has 0 bridgehead atoms. The molecular weight excluding hydrogens is 255 g/mol. The van der Waals surface area contributed by atoms with Crippen LogP contribution in [0.3, 0.4) is 0 Å². The summed E-state index contributed by atoms with van der Waals surface area (Å²) < 4.78 is 12.9. The predicted molar refractivity (Wildman–Crippen MR) is 70.7 cm³/mol. The fourth-order valence-electron chi connectivity index (χ4n) is 1.52. The van der Waals surface area contributed by atoms with E-state index in [4.69, 9.17) is 17.3 Å². The maximum atomic E-state index is 12.9. The lowest BCUT2D eigenvalue weighted by Crippen LogP contribution is -2.44. The lowest BCUT2D eigenvalue weighted by atomic mass is 10.0. The van der Waals surface area contributed by atoms with Gasteiger partial charge < -0.3 is 10.6 Å². The number of amides is 1. The Morgan fingerprint density at radius 3 is 2.61 bits per heavy atom. The molecule has 1 amide bonds. The van der Waals surface area contributed by atoms with Crippen LogP contribution in [-0.4, -0.2) is 23.9 Å². The van der Waals surface area contributed by atoms with Crippen LogP contribution in [0, 0.1) is 11.7 Å². The van der Waals surface area contributed by atoms with Gasteiger partial charge in [0.15, 0.2) is 0 Å². The van der Waals surface area contributed by atoms with Crippen molar-refractivity contribution < 1.29 is 9.18 Å². The highest BCUT2D eigenvalue weighted by atomic mass is 35.5. The molecule has 3 nitrogen and oxygen atoms in total. The molecule has 5 heteroatoms. The minimum atomic E-state index is -0.533. The largest absolute Gasteiger partial charge is 0.340 e. The molecule has 0 saturated heterocycles. The highest BCUT2D eigenvalue weighted by molar-refractivity contribution is 6.31. The molecule has 2 N–H and O–H groups in total. The number of carbonyl (C=O) groups excluding carboxylic acids is 1. The van der Waals surface area contributed by atoms with Crippen molar-refractivity contribution in [3.8, 4) is 0 Å². The molecule has 0 aromatic heterocycles. The van der Waals surface area contributed by atoms with Gasteiger partial charge in [-0.1, -0.05) is 31.5 Å². The van der Waals surface area contributed by atoms with Gasteiger partial charge in [0.1, 0.15) is 5.82 Å². The van der Waals surface area contributed by atoms with Crippen molar-refractivity contribution in [2.75, 3.05) is 7.05 Å². The fraction of sp³-hybridized carbons (Fsp3) is 0.462. The third-order valence-electron chi connectivity index (χ3n) is 2.80. The van der Waals surface area contributed by atoms with Gasteiger partial charge in [-0.3, -0.25) is 4.79 Å². The maximum absolute atomic E-state index is 12.9. The predicted octanol–water partition coefficient (Wildman–Crippen LogP) is 2.42. The van der Waals surface area contributed by atoms with Crippen LogP contribution in [0.25, 0.3) is 0 Å². The SMILES string of the molecule is CC(C)[C@H](N)C(=O)N(C)Cc1ccc(F)cc1Cl. The Morgan fingerprint density at radius 2 is 2.11 bits per heavy atom. The van der Waals surface area contributed by atoms with Gasteiger partial charge in [-0.15, -0.1) is 0 Å². The molecule has 100 valence electrons. The number of nitrogens with two attached hydrogens (primary N) is 1. The third-order valence-corrected chi connectivity index (χ3v) is 3.15. The second kappa shape index (κ2) is 6.16. The van der Waals surface area contributed by atoms with Crippen LogP contribution >= 0.6 is 11.6 Å². The molecule has 0 spiro atoms. The first-order valence-electron chi connectivity index (χ1n) is 5.77. The lowest BCUT2D eigenvalue weighted by Gasteiger charge is -2.23. The van der Waals surface area contributed by atoms with Crippen LogP contribution in [0.4, 0.5) is 4.39 Å². The van der Waals surface area contributed by atoms with Crippen molar-refractivity contribution in [3.05, 3.63) is 34.6 Å². The molecule has 0 aliphatic heterocycles. The van der Waals surface area contributed by atoms with Crippen LogP contribution in [0.15, 0.2) is 18.2 Å². The van der Waals surface area contributed by atoms with Gasteiger partial charge in [-0.05, 0) is 23.6 Å². The van der Waals surface area contributed by atoms with Gasteiger partial charge in [0.05, 0.1) is 6.04 Å². The van der Waals surface area contributed by atoms with Crippen molar-refractivity contribution in [3.63, 3.8) is 0 Å². The van der Waals surface area contributed by atoms with E-state index in [1.165, 1.54) is 17.0 Å². The Kier molecular flexibility index (Phi) is 5.11. The third kappa shape index (κ3) is 3.68. The van der Waals surface area contributed by atoms with Crippen molar-refractivity contribution in [1.29, 1.82) is 0 Å². The van der Waals surface area contributed by atoms with Crippen molar-refractivity contribution in [2.45, 2.75) is 26.4 Å². The number of halogens is 2. The minimum absolute atomic E-state index is 0.0728. The van der Waals surface area contributed by atoms with Crippen LogP contribution in [0.5, 0.6) is 0 Å². The van der Waals surface area contributed by atoms with Crippen molar-refractivity contribution in [1.82, 2.24) is 4.90 Å². The first-order chi connectivity index (χ1) is 8.32. The van der Waals surface area contributed by atoms with E-state index in [-0.39, 0.29) is 11.8 Å². The molecule has 1 aromatic carbocycles. The number of hydrogen-bond donors (Lipinski definition) is 1. The molecule has 1 atom stereocenters. The van der Waals surface area contributed by atoms with Gasteiger partial charge in [-0.2, -0.15) is 0 Å². The van der Waals surface area contributed by atoms with Crippen molar-refractivity contribution >= 4 is 17.5 Å². The van der Waals surface area contributed by atoms with E-state index < -0.39 is 11.9 Å². The second-order valence-electron chi connectivity index (χ2n) is 4.70. The minimum Gasteiger partial charge on any atom is -0.340 e. The molecule has 0 unspecified atom stereocenters.